The van der Waals surface area contributed by atoms with Crippen molar-refractivity contribution in [2.75, 3.05) is 5.73 Å². The average molecular weight is 239 g/mol. The van der Waals surface area contributed by atoms with Crippen LogP contribution in [0.5, 0.6) is 0 Å². The van der Waals surface area contributed by atoms with Gasteiger partial charge in [0.2, 0.25) is 0 Å². The van der Waals surface area contributed by atoms with Crippen LogP contribution >= 0.6 is 0 Å². The Balaban J connectivity index is 2.34. The summed E-state index contributed by atoms with van der Waals surface area (Å²) in [4.78, 5) is 0. The fourth-order valence-corrected chi connectivity index (χ4v) is 2.24. The SMILES string of the molecule is CCC(C)c1ccc(-c2ccc(N)cc2C)cc1. The van der Waals surface area contributed by atoms with Crippen molar-refractivity contribution in [3.05, 3.63) is 53.6 Å². The molecule has 0 bridgehead atoms. The Kier molecular flexibility index (Phi) is 3.71. The summed E-state index contributed by atoms with van der Waals surface area (Å²) < 4.78 is 0. The molecule has 1 unspecified atom stereocenters. The monoisotopic (exact) mass is 239 g/mol. The number of aryl methyl sites for hydroxylation is 1. The molecule has 0 heterocycles. The first-order valence-electron chi connectivity index (χ1n) is 6.58. The van der Waals surface area contributed by atoms with Crippen LogP contribution in [-0.4, -0.2) is 0 Å². The molecule has 1 nitrogen and oxygen atoms in total. The lowest BCUT2D eigenvalue weighted by molar-refractivity contribution is 0.734. The van der Waals surface area contributed by atoms with Crippen molar-refractivity contribution in [1.29, 1.82) is 0 Å². The predicted octanol–water partition coefficient (Wildman–Crippen LogP) is 4.76. The van der Waals surface area contributed by atoms with Crippen molar-refractivity contribution >= 4 is 5.69 Å². The standard InChI is InChI=1S/C17H21N/c1-4-12(2)14-5-7-15(8-6-14)17-10-9-16(18)11-13(17)3/h5-12H,4,18H2,1-3H3. The third-order valence-electron chi connectivity index (χ3n) is 3.65. The maximum Gasteiger partial charge on any atom is 0.0317 e. The van der Waals surface area contributed by atoms with E-state index >= 15 is 0 Å². The summed E-state index contributed by atoms with van der Waals surface area (Å²) in [6.07, 6.45) is 1.18. The number of benzene rings is 2. The van der Waals surface area contributed by atoms with Gasteiger partial charge in [-0.25, -0.2) is 0 Å². The van der Waals surface area contributed by atoms with Crippen LogP contribution in [0.15, 0.2) is 42.5 Å². The van der Waals surface area contributed by atoms with Crippen LogP contribution in [0, 0.1) is 6.92 Å². The van der Waals surface area contributed by atoms with Crippen LogP contribution in [0.1, 0.15) is 37.3 Å². The van der Waals surface area contributed by atoms with E-state index < -0.39 is 0 Å². The Morgan fingerprint density at radius 1 is 1.06 bits per heavy atom. The topological polar surface area (TPSA) is 26.0 Å². The molecule has 94 valence electrons. The van der Waals surface area contributed by atoms with E-state index in [0.29, 0.717) is 5.92 Å². The van der Waals surface area contributed by atoms with Crippen LogP contribution in [0.3, 0.4) is 0 Å². The minimum Gasteiger partial charge on any atom is -0.399 e. The van der Waals surface area contributed by atoms with Crippen LogP contribution in [0.4, 0.5) is 5.69 Å². The number of nitrogens with two attached hydrogens (primary N) is 1. The summed E-state index contributed by atoms with van der Waals surface area (Å²) in [6, 6.07) is 15.0. The molecule has 18 heavy (non-hydrogen) atoms. The molecule has 2 aromatic rings. The van der Waals surface area contributed by atoms with Gasteiger partial charge in [-0.2, -0.15) is 0 Å². The highest BCUT2D eigenvalue weighted by Crippen LogP contribution is 2.27. The minimum atomic E-state index is 0.631. The second-order valence-corrected chi connectivity index (χ2v) is 5.01. The van der Waals surface area contributed by atoms with Gasteiger partial charge in [-0.05, 0) is 53.6 Å². The highest BCUT2D eigenvalue weighted by molar-refractivity contribution is 5.69. The van der Waals surface area contributed by atoms with Gasteiger partial charge in [0.25, 0.3) is 0 Å². The first kappa shape index (κ1) is 12.7. The third-order valence-corrected chi connectivity index (χ3v) is 3.65. The molecular weight excluding hydrogens is 218 g/mol. The Bertz CT molecular complexity index is 526. The minimum absolute atomic E-state index is 0.631. The smallest absolute Gasteiger partial charge is 0.0317 e. The summed E-state index contributed by atoms with van der Waals surface area (Å²) >= 11 is 0. The first-order chi connectivity index (χ1) is 8.61. The fraction of sp³-hybridized carbons (Fsp3) is 0.294. The molecule has 1 atom stereocenters. The molecule has 0 aliphatic carbocycles. The van der Waals surface area contributed by atoms with Gasteiger partial charge < -0.3 is 5.73 Å². The molecule has 0 radical (unpaired) electrons. The maximum atomic E-state index is 5.79. The maximum absolute atomic E-state index is 5.79. The zero-order valence-corrected chi connectivity index (χ0v) is 11.4. The number of hydrogen-bond donors (Lipinski definition) is 1. The summed E-state index contributed by atoms with van der Waals surface area (Å²) in [5.74, 6) is 0.631. The summed E-state index contributed by atoms with van der Waals surface area (Å²) in [5, 5.41) is 0. The fourth-order valence-electron chi connectivity index (χ4n) is 2.24. The molecule has 0 spiro atoms. The molecule has 0 aliphatic rings. The van der Waals surface area contributed by atoms with E-state index in [1.165, 1.54) is 28.7 Å². The zero-order chi connectivity index (χ0) is 13.1. The molecule has 0 aromatic heterocycles. The number of rotatable bonds is 3. The lowest BCUT2D eigenvalue weighted by atomic mass is 9.94. The van der Waals surface area contributed by atoms with Gasteiger partial charge in [-0.15, -0.1) is 0 Å². The second-order valence-electron chi connectivity index (χ2n) is 5.01. The molecule has 2 rings (SSSR count). The number of anilines is 1. The Morgan fingerprint density at radius 3 is 2.28 bits per heavy atom. The highest BCUT2D eigenvalue weighted by atomic mass is 14.5. The zero-order valence-electron chi connectivity index (χ0n) is 11.4. The first-order valence-corrected chi connectivity index (χ1v) is 6.58. The molecule has 0 fully saturated rings. The second kappa shape index (κ2) is 5.26. The van der Waals surface area contributed by atoms with Gasteiger partial charge in [0.05, 0.1) is 0 Å². The Labute approximate surface area is 110 Å². The van der Waals surface area contributed by atoms with Gasteiger partial charge in [0.15, 0.2) is 0 Å². The van der Waals surface area contributed by atoms with Crippen molar-refractivity contribution < 1.29 is 0 Å². The van der Waals surface area contributed by atoms with E-state index in [-0.39, 0.29) is 0 Å². The van der Waals surface area contributed by atoms with E-state index in [2.05, 4.69) is 51.1 Å². The predicted molar refractivity (Wildman–Crippen MR) is 79.7 cm³/mol. The molecular formula is C17H21N. The normalized spacial score (nSPS) is 12.4. The highest BCUT2D eigenvalue weighted by Gasteiger charge is 2.05. The van der Waals surface area contributed by atoms with Crippen LogP contribution < -0.4 is 5.73 Å². The Hall–Kier alpha value is -1.76. The molecule has 1 heteroatoms. The number of nitrogen functional groups attached to an aromatic ring is 1. The van der Waals surface area contributed by atoms with Crippen molar-refractivity contribution in [2.45, 2.75) is 33.1 Å². The van der Waals surface area contributed by atoms with Crippen LogP contribution in [0.2, 0.25) is 0 Å². The van der Waals surface area contributed by atoms with Crippen LogP contribution in [-0.2, 0) is 0 Å². The summed E-state index contributed by atoms with van der Waals surface area (Å²) in [5.41, 5.74) is 11.8. The summed E-state index contributed by atoms with van der Waals surface area (Å²) in [6.45, 7) is 6.60. The van der Waals surface area contributed by atoms with E-state index in [4.69, 9.17) is 5.73 Å². The average Bonchev–Trinajstić information content (AvgIpc) is 2.38. The van der Waals surface area contributed by atoms with E-state index in [1.807, 2.05) is 12.1 Å². The van der Waals surface area contributed by atoms with E-state index in [1.54, 1.807) is 0 Å². The van der Waals surface area contributed by atoms with Crippen LogP contribution in [0.25, 0.3) is 11.1 Å². The molecule has 2 N–H and O–H groups in total. The van der Waals surface area contributed by atoms with Crippen molar-refractivity contribution in [3.8, 4) is 11.1 Å². The number of hydrogen-bond acceptors (Lipinski definition) is 1. The third kappa shape index (κ3) is 2.56. The Morgan fingerprint density at radius 2 is 1.72 bits per heavy atom. The molecule has 2 aromatic carbocycles. The van der Waals surface area contributed by atoms with Gasteiger partial charge >= 0.3 is 0 Å². The van der Waals surface area contributed by atoms with Gasteiger partial charge in [0.1, 0.15) is 0 Å². The van der Waals surface area contributed by atoms with E-state index in [9.17, 15) is 0 Å². The molecule has 0 aliphatic heterocycles. The van der Waals surface area contributed by atoms with Crippen molar-refractivity contribution in [3.63, 3.8) is 0 Å². The lowest BCUT2D eigenvalue weighted by Crippen LogP contribution is -1.92. The largest absolute Gasteiger partial charge is 0.399 e. The lowest BCUT2D eigenvalue weighted by Gasteiger charge is -2.11. The van der Waals surface area contributed by atoms with Crippen molar-refractivity contribution in [1.82, 2.24) is 0 Å². The summed E-state index contributed by atoms with van der Waals surface area (Å²) in [7, 11) is 0. The molecule has 0 saturated carbocycles. The molecule has 0 amide bonds. The quantitative estimate of drug-likeness (QED) is 0.768. The van der Waals surface area contributed by atoms with E-state index in [0.717, 1.165) is 5.69 Å². The van der Waals surface area contributed by atoms with Gasteiger partial charge in [-0.3, -0.25) is 0 Å². The van der Waals surface area contributed by atoms with Crippen molar-refractivity contribution in [2.24, 2.45) is 0 Å². The molecule has 0 saturated heterocycles. The van der Waals surface area contributed by atoms with Gasteiger partial charge in [-0.1, -0.05) is 44.2 Å². The van der Waals surface area contributed by atoms with Gasteiger partial charge in [0, 0.05) is 5.69 Å².